The fourth-order valence-corrected chi connectivity index (χ4v) is 3.38. The summed E-state index contributed by atoms with van der Waals surface area (Å²) in [4.78, 5) is 24.4. The number of rotatable bonds is 2. The lowest BCUT2D eigenvalue weighted by molar-refractivity contribution is -0.154. The molecule has 15 heteroatoms. The molecule has 3 aromatic rings. The number of alkyl halides is 3. The first kappa shape index (κ1) is 26.9. The quantitative estimate of drug-likeness (QED) is 0.331. The molecule has 6 bridgehead atoms. The van der Waals surface area contributed by atoms with Crippen molar-refractivity contribution in [3.05, 3.63) is 41.6 Å². The maximum Gasteiger partial charge on any atom is 0.422 e. The molecule has 2 aromatic heterocycles. The van der Waals surface area contributed by atoms with Crippen molar-refractivity contribution in [3.8, 4) is 11.8 Å². The van der Waals surface area contributed by atoms with Crippen molar-refractivity contribution in [3.63, 3.8) is 0 Å². The summed E-state index contributed by atoms with van der Waals surface area (Å²) in [5, 5.41) is 18.5. The molecule has 0 aliphatic carbocycles. The SMILES string of the molecule is O=C1NCCCNCCCCOc2ccc(cc2)CNc2nc(nc(OCC(F)(F)F)n2)Nc2cc1n[nH]2. The second-order valence-corrected chi connectivity index (χ2v) is 8.37. The monoisotopic (exact) mass is 535 g/mol. The van der Waals surface area contributed by atoms with Crippen LogP contribution in [0, 0.1) is 0 Å². The van der Waals surface area contributed by atoms with E-state index in [1.807, 2.05) is 24.3 Å². The number of halogens is 3. The summed E-state index contributed by atoms with van der Waals surface area (Å²) in [6.07, 6.45) is -1.98. The van der Waals surface area contributed by atoms with Crippen molar-refractivity contribution in [1.29, 1.82) is 0 Å². The molecule has 4 heterocycles. The Morgan fingerprint density at radius 1 is 0.947 bits per heavy atom. The van der Waals surface area contributed by atoms with E-state index in [2.05, 4.69) is 46.4 Å². The molecule has 0 fully saturated rings. The van der Waals surface area contributed by atoms with E-state index in [1.165, 1.54) is 6.07 Å². The maximum absolute atomic E-state index is 12.7. The number of hydrogen-bond donors (Lipinski definition) is 5. The number of anilines is 3. The standard InChI is InChI=1S/C23H28F3N9O3/c24-23(25,26)14-38-22-32-20-29-13-15-4-6-16(7-5-15)37-11-2-1-8-27-9-3-10-28-19(36)17-12-18(35-34-17)30-21(31-20)33-22/h4-7,12,27H,1-3,8-11,13-14H2,(H,28,36)(H3,29,30,31,32,33,34,35). The van der Waals surface area contributed by atoms with Crippen LogP contribution < -0.4 is 30.7 Å². The maximum atomic E-state index is 12.7. The largest absolute Gasteiger partial charge is 0.494 e. The second kappa shape index (κ2) is 12.9. The summed E-state index contributed by atoms with van der Waals surface area (Å²) < 4.78 is 48.6. The van der Waals surface area contributed by atoms with Crippen LogP contribution in [0.5, 0.6) is 11.8 Å². The van der Waals surface area contributed by atoms with E-state index >= 15 is 0 Å². The Morgan fingerprint density at radius 3 is 2.55 bits per heavy atom. The van der Waals surface area contributed by atoms with Crippen LogP contribution in [0.25, 0.3) is 0 Å². The number of ether oxygens (including phenoxy) is 2. The van der Waals surface area contributed by atoms with Crippen molar-refractivity contribution in [2.75, 3.05) is 43.5 Å². The average Bonchev–Trinajstić information content (AvgIpc) is 3.35. The lowest BCUT2D eigenvalue weighted by Gasteiger charge is -2.12. The zero-order valence-electron chi connectivity index (χ0n) is 20.4. The van der Waals surface area contributed by atoms with E-state index in [0.717, 1.165) is 43.7 Å². The number of amides is 1. The van der Waals surface area contributed by atoms with Crippen molar-refractivity contribution in [1.82, 2.24) is 35.8 Å². The van der Waals surface area contributed by atoms with Gasteiger partial charge in [-0.05, 0) is 50.0 Å². The molecule has 0 saturated carbocycles. The van der Waals surface area contributed by atoms with Gasteiger partial charge in [-0.15, -0.1) is 0 Å². The predicted molar refractivity (Wildman–Crippen MR) is 132 cm³/mol. The lowest BCUT2D eigenvalue weighted by Crippen LogP contribution is -2.28. The van der Waals surface area contributed by atoms with Crippen molar-refractivity contribution < 1.29 is 27.4 Å². The third-order valence-corrected chi connectivity index (χ3v) is 5.24. The third kappa shape index (κ3) is 8.76. The van der Waals surface area contributed by atoms with E-state index in [0.29, 0.717) is 13.2 Å². The molecule has 0 spiro atoms. The Hall–Kier alpha value is -4.14. The summed E-state index contributed by atoms with van der Waals surface area (Å²) in [7, 11) is 0. The summed E-state index contributed by atoms with van der Waals surface area (Å²) in [6, 6.07) is 8.32. The minimum atomic E-state index is -4.57. The highest BCUT2D eigenvalue weighted by molar-refractivity contribution is 5.93. The van der Waals surface area contributed by atoms with Gasteiger partial charge in [-0.1, -0.05) is 12.1 Å². The Balaban J connectivity index is 1.52. The molecule has 1 amide bonds. The molecule has 204 valence electrons. The fourth-order valence-electron chi connectivity index (χ4n) is 3.38. The zero-order chi connectivity index (χ0) is 26.8. The minimum Gasteiger partial charge on any atom is -0.494 e. The molecule has 12 nitrogen and oxygen atoms in total. The van der Waals surface area contributed by atoms with E-state index in [1.54, 1.807) is 0 Å². The van der Waals surface area contributed by atoms with Gasteiger partial charge in [0, 0.05) is 19.2 Å². The molecule has 0 unspecified atom stereocenters. The number of hydrogen-bond acceptors (Lipinski definition) is 10. The Morgan fingerprint density at radius 2 is 1.74 bits per heavy atom. The number of fused-ring (bicyclic) bond motifs is 13. The lowest BCUT2D eigenvalue weighted by atomic mass is 10.2. The molecular weight excluding hydrogens is 507 g/mol. The van der Waals surface area contributed by atoms with E-state index in [9.17, 15) is 18.0 Å². The summed E-state index contributed by atoms with van der Waals surface area (Å²) in [5.41, 5.74) is 0.993. The van der Waals surface area contributed by atoms with Gasteiger partial charge in [0.25, 0.3) is 5.91 Å². The Bertz CT molecular complexity index is 1190. The van der Waals surface area contributed by atoms with Crippen LogP contribution in [0.15, 0.2) is 30.3 Å². The van der Waals surface area contributed by atoms with Crippen molar-refractivity contribution >= 4 is 23.6 Å². The first-order valence-electron chi connectivity index (χ1n) is 12.1. The van der Waals surface area contributed by atoms with E-state index < -0.39 is 18.8 Å². The van der Waals surface area contributed by atoms with Crippen LogP contribution in [-0.4, -0.2) is 70.1 Å². The van der Waals surface area contributed by atoms with Gasteiger partial charge >= 0.3 is 12.2 Å². The molecule has 2 aliphatic heterocycles. The van der Waals surface area contributed by atoms with Gasteiger partial charge in [-0.2, -0.15) is 33.2 Å². The van der Waals surface area contributed by atoms with Crippen LogP contribution in [-0.2, 0) is 6.54 Å². The van der Waals surface area contributed by atoms with Gasteiger partial charge < -0.3 is 30.7 Å². The van der Waals surface area contributed by atoms with Crippen molar-refractivity contribution in [2.24, 2.45) is 0 Å². The van der Waals surface area contributed by atoms with Gasteiger partial charge in [0.15, 0.2) is 12.3 Å². The third-order valence-electron chi connectivity index (χ3n) is 5.24. The second-order valence-electron chi connectivity index (χ2n) is 8.37. The number of aromatic nitrogens is 5. The van der Waals surface area contributed by atoms with Crippen LogP contribution in [0.3, 0.4) is 0 Å². The first-order chi connectivity index (χ1) is 18.3. The molecular formula is C23H28F3N9O3. The van der Waals surface area contributed by atoms with E-state index in [4.69, 9.17) is 9.47 Å². The minimum absolute atomic E-state index is 0.0134. The number of aromatic amines is 1. The summed E-state index contributed by atoms with van der Waals surface area (Å²) in [5.74, 6) is 0.486. The highest BCUT2D eigenvalue weighted by atomic mass is 19.4. The number of nitrogens with zero attached hydrogens (tertiary/aromatic N) is 4. The van der Waals surface area contributed by atoms with Gasteiger partial charge in [0.05, 0.1) is 6.61 Å². The van der Waals surface area contributed by atoms with Gasteiger partial charge in [0.2, 0.25) is 11.9 Å². The summed E-state index contributed by atoms with van der Waals surface area (Å²) >= 11 is 0. The smallest absolute Gasteiger partial charge is 0.422 e. The Labute approximate surface area is 216 Å². The van der Waals surface area contributed by atoms with Crippen LogP contribution in [0.4, 0.5) is 30.9 Å². The fraction of sp³-hybridized carbons (Fsp3) is 0.435. The van der Waals surface area contributed by atoms with Gasteiger partial charge in [-0.3, -0.25) is 9.89 Å². The van der Waals surface area contributed by atoms with Gasteiger partial charge in [-0.25, -0.2) is 0 Å². The number of benzene rings is 1. The average molecular weight is 536 g/mol. The first-order valence-corrected chi connectivity index (χ1v) is 12.1. The molecule has 0 atom stereocenters. The molecule has 0 saturated heterocycles. The molecule has 2 aliphatic rings. The highest BCUT2D eigenvalue weighted by Crippen LogP contribution is 2.20. The topological polar surface area (TPSA) is 151 Å². The number of carbonyl (C=O) groups is 1. The van der Waals surface area contributed by atoms with E-state index in [-0.39, 0.29) is 35.9 Å². The molecule has 0 radical (unpaired) electrons. The van der Waals surface area contributed by atoms with Gasteiger partial charge in [0.1, 0.15) is 11.6 Å². The molecule has 1 aromatic carbocycles. The highest BCUT2D eigenvalue weighted by Gasteiger charge is 2.29. The normalized spacial score (nSPS) is 15.8. The number of H-pyrrole nitrogens is 1. The zero-order valence-corrected chi connectivity index (χ0v) is 20.4. The Kier molecular flexibility index (Phi) is 9.13. The van der Waals surface area contributed by atoms with Crippen molar-refractivity contribution in [2.45, 2.75) is 32.0 Å². The summed E-state index contributed by atoms with van der Waals surface area (Å²) in [6.45, 7) is 1.37. The number of carbonyl (C=O) groups excluding carboxylic acids is 1. The van der Waals surface area contributed by atoms with Crippen LogP contribution in [0.2, 0.25) is 0 Å². The van der Waals surface area contributed by atoms with Crippen LogP contribution in [0.1, 0.15) is 35.3 Å². The molecule has 38 heavy (non-hydrogen) atoms. The molecule has 5 N–H and O–H groups in total. The van der Waals surface area contributed by atoms with Crippen LogP contribution >= 0.6 is 0 Å². The molecule has 5 rings (SSSR count). The number of nitrogens with one attached hydrogen (secondary N) is 5. The predicted octanol–water partition coefficient (Wildman–Crippen LogP) is 2.77.